The predicted molar refractivity (Wildman–Crippen MR) is 85.7 cm³/mol. The molecule has 2 atom stereocenters. The fourth-order valence-corrected chi connectivity index (χ4v) is 3.36. The van der Waals surface area contributed by atoms with Gasteiger partial charge < -0.3 is 4.74 Å². The van der Waals surface area contributed by atoms with Gasteiger partial charge in [0.2, 0.25) is 0 Å². The molecule has 0 saturated carbocycles. The minimum atomic E-state index is -0.945. The van der Waals surface area contributed by atoms with Crippen molar-refractivity contribution in [2.45, 2.75) is 25.3 Å². The van der Waals surface area contributed by atoms with Gasteiger partial charge in [0.05, 0.1) is 18.0 Å². The van der Waals surface area contributed by atoms with Crippen molar-refractivity contribution in [2.24, 2.45) is 5.10 Å². The number of nitro groups is 1. The van der Waals surface area contributed by atoms with Gasteiger partial charge in [-0.1, -0.05) is 18.2 Å². The summed E-state index contributed by atoms with van der Waals surface area (Å²) < 4.78 is 4.88. The Morgan fingerprint density at radius 2 is 2.14 bits per heavy atom. The first-order valence-corrected chi connectivity index (χ1v) is 7.89. The van der Waals surface area contributed by atoms with Crippen LogP contribution in [0.4, 0.5) is 5.69 Å². The maximum atomic E-state index is 11.5. The molecule has 0 N–H and O–H groups in total. The molecule has 0 unspecified atom stereocenters. The molecule has 1 heterocycles. The van der Waals surface area contributed by atoms with Crippen LogP contribution in [0.1, 0.15) is 13.8 Å². The van der Waals surface area contributed by atoms with E-state index in [1.165, 1.54) is 11.8 Å². The minimum Gasteiger partial charge on any atom is -0.465 e. The van der Waals surface area contributed by atoms with Crippen molar-refractivity contribution in [3.8, 4) is 0 Å². The number of thioether (sulfide) groups is 1. The first kappa shape index (κ1) is 16.3. The van der Waals surface area contributed by atoms with Crippen molar-refractivity contribution < 1.29 is 14.5 Å². The Hall–Kier alpha value is -2.09. The average Bonchev–Trinajstić information content (AvgIpc) is 2.83. The van der Waals surface area contributed by atoms with Crippen LogP contribution in [-0.4, -0.2) is 40.4 Å². The lowest BCUT2D eigenvalue weighted by molar-refractivity contribution is -0.500. The summed E-state index contributed by atoms with van der Waals surface area (Å²) in [4.78, 5) is 22.5. The molecule has 2 rings (SSSR count). The lowest BCUT2D eigenvalue weighted by Crippen LogP contribution is -2.40. The van der Waals surface area contributed by atoms with E-state index in [1.54, 1.807) is 18.9 Å². The van der Waals surface area contributed by atoms with Crippen molar-refractivity contribution in [3.63, 3.8) is 0 Å². The van der Waals surface area contributed by atoms with E-state index in [0.717, 1.165) is 5.69 Å². The first-order valence-electron chi connectivity index (χ1n) is 6.84. The lowest BCUT2D eigenvalue weighted by Gasteiger charge is -2.23. The van der Waals surface area contributed by atoms with Gasteiger partial charge >= 0.3 is 5.97 Å². The van der Waals surface area contributed by atoms with Gasteiger partial charge in [-0.05, 0) is 26.0 Å². The third kappa shape index (κ3) is 3.56. The molecule has 0 aliphatic carbocycles. The molecular formula is C14H17N3O4S. The molecule has 0 radical (unpaired) electrons. The zero-order valence-electron chi connectivity index (χ0n) is 12.3. The number of hydrogen-bond donors (Lipinski definition) is 0. The zero-order chi connectivity index (χ0) is 16.1. The van der Waals surface area contributed by atoms with Crippen LogP contribution in [0.5, 0.6) is 0 Å². The van der Waals surface area contributed by atoms with Gasteiger partial charge in [0, 0.05) is 4.92 Å². The number of anilines is 1. The molecule has 0 amide bonds. The maximum Gasteiger partial charge on any atom is 0.315 e. The highest BCUT2D eigenvalue weighted by atomic mass is 32.2. The lowest BCUT2D eigenvalue weighted by atomic mass is 10.2. The highest BCUT2D eigenvalue weighted by Gasteiger charge is 2.45. The Bertz CT molecular complexity index is 579. The van der Waals surface area contributed by atoms with Crippen LogP contribution in [-0.2, 0) is 9.53 Å². The van der Waals surface area contributed by atoms with Crippen LogP contribution in [0.2, 0.25) is 0 Å². The fourth-order valence-electron chi connectivity index (χ4n) is 2.19. The number of nitrogens with zero attached hydrogens (tertiary/aromatic N) is 3. The molecule has 22 heavy (non-hydrogen) atoms. The molecule has 1 aliphatic rings. The largest absolute Gasteiger partial charge is 0.465 e. The van der Waals surface area contributed by atoms with Crippen molar-refractivity contribution in [1.82, 2.24) is 0 Å². The number of hydrogen-bond acceptors (Lipinski definition) is 7. The maximum absolute atomic E-state index is 11.5. The Kier molecular flexibility index (Phi) is 5.37. The van der Waals surface area contributed by atoms with Crippen LogP contribution >= 0.6 is 11.8 Å². The number of carbonyl (C=O) groups excluding carboxylic acids is 1. The second-order valence-corrected chi connectivity index (χ2v) is 5.76. The van der Waals surface area contributed by atoms with E-state index in [2.05, 4.69) is 5.10 Å². The summed E-state index contributed by atoms with van der Waals surface area (Å²) in [5.41, 5.74) is 1.18. The monoisotopic (exact) mass is 323 g/mol. The van der Waals surface area contributed by atoms with Gasteiger partial charge in [0.25, 0.3) is 6.04 Å². The number of esters is 1. The van der Waals surface area contributed by atoms with Gasteiger partial charge in [-0.2, -0.15) is 5.10 Å². The Morgan fingerprint density at radius 1 is 1.45 bits per heavy atom. The zero-order valence-corrected chi connectivity index (χ0v) is 13.2. The number of hydrazone groups is 1. The third-order valence-electron chi connectivity index (χ3n) is 3.13. The van der Waals surface area contributed by atoms with E-state index in [0.29, 0.717) is 12.3 Å². The highest BCUT2D eigenvalue weighted by molar-refractivity contribution is 8.00. The van der Waals surface area contributed by atoms with Crippen molar-refractivity contribution in [1.29, 1.82) is 0 Å². The van der Waals surface area contributed by atoms with Crippen LogP contribution in [0.3, 0.4) is 0 Å². The van der Waals surface area contributed by atoms with Gasteiger partial charge in [-0.15, -0.1) is 11.8 Å². The molecular weight excluding hydrogens is 306 g/mol. The number of rotatable bonds is 6. The molecule has 8 heteroatoms. The summed E-state index contributed by atoms with van der Waals surface area (Å²) in [6.45, 7) is 3.65. The van der Waals surface area contributed by atoms with Crippen LogP contribution in [0.25, 0.3) is 0 Å². The van der Waals surface area contributed by atoms with Crippen molar-refractivity contribution in [2.75, 3.05) is 17.4 Å². The summed E-state index contributed by atoms with van der Waals surface area (Å²) in [6.07, 6.45) is 0. The second kappa shape index (κ2) is 7.26. The number of benzene rings is 1. The Balaban J connectivity index is 2.19. The minimum absolute atomic E-state index is 0.0506. The Labute approximate surface area is 132 Å². The second-order valence-electron chi connectivity index (χ2n) is 4.66. The predicted octanol–water partition coefficient (Wildman–Crippen LogP) is 2.15. The summed E-state index contributed by atoms with van der Waals surface area (Å²) in [6, 6.07) is 8.26. The standard InChI is InChI=1S/C14H17N3O4S/c1-3-21-12(18)9-22-14-13(17(19)20)10(2)15-16(14)11-7-5-4-6-8-11/h4-8,13-14H,3,9H2,1-2H3/t13-,14-/m0/s1. The molecule has 1 aromatic carbocycles. The van der Waals surface area contributed by atoms with Gasteiger partial charge in [-0.25, -0.2) is 5.01 Å². The molecule has 1 aromatic rings. The van der Waals surface area contributed by atoms with E-state index in [-0.39, 0.29) is 16.6 Å². The van der Waals surface area contributed by atoms with Crippen LogP contribution in [0, 0.1) is 10.1 Å². The number of ether oxygens (including phenoxy) is 1. The van der Waals surface area contributed by atoms with E-state index in [4.69, 9.17) is 4.74 Å². The van der Waals surface area contributed by atoms with E-state index in [1.807, 2.05) is 30.3 Å². The van der Waals surface area contributed by atoms with E-state index in [9.17, 15) is 14.9 Å². The van der Waals surface area contributed by atoms with Crippen molar-refractivity contribution >= 4 is 29.1 Å². The summed E-state index contributed by atoms with van der Waals surface area (Å²) in [5.74, 6) is -0.332. The Morgan fingerprint density at radius 3 is 2.73 bits per heavy atom. The molecule has 0 saturated heterocycles. The van der Waals surface area contributed by atoms with Gasteiger partial charge in [0.1, 0.15) is 5.71 Å². The summed E-state index contributed by atoms with van der Waals surface area (Å²) in [5, 5.41) is 16.7. The van der Waals surface area contributed by atoms with Gasteiger partial charge in [0.15, 0.2) is 5.37 Å². The average molecular weight is 323 g/mol. The van der Waals surface area contributed by atoms with Crippen LogP contribution < -0.4 is 5.01 Å². The number of carbonyl (C=O) groups is 1. The summed E-state index contributed by atoms with van der Waals surface area (Å²) >= 11 is 1.17. The topological polar surface area (TPSA) is 85.0 Å². The number of para-hydroxylation sites is 1. The molecule has 118 valence electrons. The molecule has 0 spiro atoms. The normalized spacial score (nSPS) is 20.6. The molecule has 0 bridgehead atoms. The quantitative estimate of drug-likeness (QED) is 0.453. The molecule has 1 aliphatic heterocycles. The fraction of sp³-hybridized carbons (Fsp3) is 0.429. The van der Waals surface area contributed by atoms with Crippen LogP contribution in [0.15, 0.2) is 35.4 Å². The van der Waals surface area contributed by atoms with E-state index >= 15 is 0 Å². The van der Waals surface area contributed by atoms with E-state index < -0.39 is 11.4 Å². The summed E-state index contributed by atoms with van der Waals surface area (Å²) in [7, 11) is 0. The first-order chi connectivity index (χ1) is 10.5. The smallest absolute Gasteiger partial charge is 0.315 e. The van der Waals surface area contributed by atoms with Gasteiger partial charge in [-0.3, -0.25) is 14.9 Å². The highest BCUT2D eigenvalue weighted by Crippen LogP contribution is 2.32. The molecule has 0 aromatic heterocycles. The molecule has 7 nitrogen and oxygen atoms in total. The third-order valence-corrected chi connectivity index (χ3v) is 4.33. The van der Waals surface area contributed by atoms with Crippen molar-refractivity contribution in [3.05, 3.63) is 40.4 Å². The SMILES string of the molecule is CCOC(=O)CS[C@H]1[C@@H]([N+](=O)[O-])C(C)=NN1c1ccccc1. The molecule has 0 fully saturated rings.